The van der Waals surface area contributed by atoms with Gasteiger partial charge in [-0.05, 0) is 29.3 Å². The maximum absolute atomic E-state index is 13.9. The van der Waals surface area contributed by atoms with Gasteiger partial charge in [0.1, 0.15) is 5.41 Å². The molecule has 0 N–H and O–H groups in total. The molecule has 0 saturated heterocycles. The van der Waals surface area contributed by atoms with Crippen molar-refractivity contribution in [2.45, 2.75) is 18.8 Å². The lowest BCUT2D eigenvalue weighted by molar-refractivity contribution is -0.121. The minimum Gasteiger partial charge on any atom is -0.298 e. The molecule has 3 rings (SSSR count). The Bertz CT molecular complexity index is 906. The molecule has 3 aromatic carbocycles. The predicted molar refractivity (Wildman–Crippen MR) is 115 cm³/mol. The van der Waals surface area contributed by atoms with Gasteiger partial charge in [0.05, 0.1) is 0 Å². The summed E-state index contributed by atoms with van der Waals surface area (Å²) >= 11 is 6.89. The van der Waals surface area contributed by atoms with E-state index in [9.17, 15) is 9.59 Å². The van der Waals surface area contributed by atoms with E-state index in [0.717, 1.165) is 8.95 Å². The van der Waals surface area contributed by atoms with Crippen LogP contribution in [0.25, 0.3) is 0 Å². The zero-order chi connectivity index (χ0) is 19.4. The quantitative estimate of drug-likeness (QED) is 0.300. The molecule has 0 aromatic heterocycles. The molecule has 4 heteroatoms. The number of benzene rings is 3. The van der Waals surface area contributed by atoms with Gasteiger partial charge in [0.25, 0.3) is 0 Å². The van der Waals surface area contributed by atoms with Crippen molar-refractivity contribution in [2.24, 2.45) is 0 Å². The number of ketones is 2. The monoisotopic (exact) mass is 484 g/mol. The van der Waals surface area contributed by atoms with E-state index in [1.165, 1.54) is 0 Å². The second-order valence-corrected chi connectivity index (χ2v) is 8.08. The smallest absolute Gasteiger partial charge is 0.185 e. The maximum Gasteiger partial charge on any atom is 0.185 e. The summed E-state index contributed by atoms with van der Waals surface area (Å²) < 4.78 is 1.55. The third-order valence-electron chi connectivity index (χ3n) is 4.62. The molecule has 0 aliphatic carbocycles. The number of carbonyl (C=O) groups excluding carboxylic acids is 2. The first-order chi connectivity index (χ1) is 13.0. The molecular weight excluding hydrogens is 468 g/mol. The first-order valence-corrected chi connectivity index (χ1v) is 10.2. The summed E-state index contributed by atoms with van der Waals surface area (Å²) in [5.41, 5.74) is 0.469. The van der Waals surface area contributed by atoms with E-state index in [2.05, 4.69) is 31.9 Å². The maximum atomic E-state index is 13.9. The molecule has 0 aliphatic heterocycles. The van der Waals surface area contributed by atoms with Crippen molar-refractivity contribution < 1.29 is 9.59 Å². The van der Waals surface area contributed by atoms with Crippen LogP contribution in [0.3, 0.4) is 0 Å². The van der Waals surface area contributed by atoms with Gasteiger partial charge in [0.2, 0.25) is 0 Å². The molecule has 0 aliphatic rings. The minimum atomic E-state index is -1.38. The van der Waals surface area contributed by atoms with Gasteiger partial charge in [-0.3, -0.25) is 9.59 Å². The summed E-state index contributed by atoms with van der Waals surface area (Å²) in [4.78, 5) is 27.3. The van der Waals surface area contributed by atoms with Crippen LogP contribution in [-0.2, 0) is 10.2 Å². The fraction of sp³-hybridized carbons (Fsp3) is 0.130. The van der Waals surface area contributed by atoms with Crippen molar-refractivity contribution in [3.63, 3.8) is 0 Å². The molecule has 27 heavy (non-hydrogen) atoms. The molecule has 0 saturated carbocycles. The van der Waals surface area contributed by atoms with E-state index in [0.29, 0.717) is 16.7 Å². The van der Waals surface area contributed by atoms with Crippen LogP contribution in [-0.4, -0.2) is 11.6 Å². The lowest BCUT2D eigenvalue weighted by Crippen LogP contribution is -2.44. The highest BCUT2D eigenvalue weighted by Gasteiger charge is 2.47. The standard InChI is InChI=1S/C23H18Br2O2/c1-2-21(26)23(17-9-5-3-6-10-17,18-11-7-4-8-12-18)22(27)16-13-19(24)15-20(25)14-16/h3-15H,2H2,1H3. The Morgan fingerprint density at radius 3 is 1.63 bits per heavy atom. The van der Waals surface area contributed by atoms with Gasteiger partial charge in [-0.25, -0.2) is 0 Å². The van der Waals surface area contributed by atoms with E-state index >= 15 is 0 Å². The second kappa shape index (κ2) is 8.32. The van der Waals surface area contributed by atoms with E-state index in [4.69, 9.17) is 0 Å². The molecule has 3 aromatic rings. The van der Waals surface area contributed by atoms with Gasteiger partial charge >= 0.3 is 0 Å². The first kappa shape index (κ1) is 19.7. The summed E-state index contributed by atoms with van der Waals surface area (Å²) in [5.74, 6) is -0.352. The van der Waals surface area contributed by atoms with E-state index in [-0.39, 0.29) is 18.0 Å². The van der Waals surface area contributed by atoms with Crippen molar-refractivity contribution in [3.8, 4) is 0 Å². The van der Waals surface area contributed by atoms with Gasteiger partial charge in [-0.15, -0.1) is 0 Å². The molecule has 0 bridgehead atoms. The lowest BCUT2D eigenvalue weighted by atomic mass is 9.66. The van der Waals surface area contributed by atoms with E-state index in [1.54, 1.807) is 19.1 Å². The number of rotatable bonds is 6. The van der Waals surface area contributed by atoms with Crippen molar-refractivity contribution in [1.82, 2.24) is 0 Å². The highest BCUT2D eigenvalue weighted by atomic mass is 79.9. The van der Waals surface area contributed by atoms with Gasteiger partial charge < -0.3 is 0 Å². The fourth-order valence-corrected chi connectivity index (χ4v) is 4.71. The Labute approximate surface area is 175 Å². The van der Waals surface area contributed by atoms with Crippen LogP contribution in [0.1, 0.15) is 34.8 Å². The fourth-order valence-electron chi connectivity index (χ4n) is 3.42. The molecule has 0 amide bonds. The van der Waals surface area contributed by atoms with Gasteiger partial charge in [-0.1, -0.05) is 99.4 Å². The molecule has 0 unspecified atom stereocenters. The van der Waals surface area contributed by atoms with Crippen LogP contribution in [0, 0.1) is 0 Å². The van der Waals surface area contributed by atoms with Gasteiger partial charge in [0.15, 0.2) is 11.6 Å². The summed E-state index contributed by atoms with van der Waals surface area (Å²) in [6, 6.07) is 24.0. The Morgan fingerprint density at radius 2 is 1.22 bits per heavy atom. The third-order valence-corrected chi connectivity index (χ3v) is 5.53. The summed E-state index contributed by atoms with van der Waals surface area (Å²) in [6.07, 6.45) is 0.255. The molecule has 0 spiro atoms. The summed E-state index contributed by atoms with van der Waals surface area (Å²) in [5, 5.41) is 0. The first-order valence-electron chi connectivity index (χ1n) is 8.65. The molecule has 2 nitrogen and oxygen atoms in total. The van der Waals surface area contributed by atoms with E-state index in [1.807, 2.05) is 66.7 Å². The Kier molecular flexibility index (Phi) is 6.08. The predicted octanol–water partition coefficient (Wildman–Crippen LogP) is 6.36. The Morgan fingerprint density at radius 1 is 0.778 bits per heavy atom. The second-order valence-electron chi connectivity index (χ2n) is 6.25. The van der Waals surface area contributed by atoms with Crippen LogP contribution in [0.2, 0.25) is 0 Å². The topological polar surface area (TPSA) is 34.1 Å². The SMILES string of the molecule is CCC(=O)C(C(=O)c1cc(Br)cc(Br)c1)(c1ccccc1)c1ccccc1. The zero-order valence-electron chi connectivity index (χ0n) is 14.8. The molecule has 136 valence electrons. The van der Waals surface area contributed by atoms with Crippen molar-refractivity contribution >= 4 is 43.4 Å². The van der Waals surface area contributed by atoms with Crippen LogP contribution in [0.4, 0.5) is 0 Å². The normalized spacial score (nSPS) is 11.2. The third kappa shape index (κ3) is 3.69. The Hall–Kier alpha value is -2.04. The van der Waals surface area contributed by atoms with Crippen LogP contribution in [0.5, 0.6) is 0 Å². The highest BCUT2D eigenvalue weighted by molar-refractivity contribution is 9.11. The molecular formula is C23H18Br2O2. The summed E-state index contributed by atoms with van der Waals surface area (Å²) in [6.45, 7) is 1.80. The van der Waals surface area contributed by atoms with Crippen LogP contribution < -0.4 is 0 Å². The molecule has 0 atom stereocenters. The number of carbonyl (C=O) groups is 2. The number of halogens is 2. The average molecular weight is 486 g/mol. The molecule has 0 radical (unpaired) electrons. The molecule has 0 heterocycles. The number of Topliss-reactive ketones (excluding diaryl/α,β-unsaturated/α-hetero) is 2. The zero-order valence-corrected chi connectivity index (χ0v) is 18.0. The van der Waals surface area contributed by atoms with Crippen molar-refractivity contribution in [3.05, 3.63) is 104 Å². The number of hydrogen-bond acceptors (Lipinski definition) is 2. The van der Waals surface area contributed by atoms with Crippen molar-refractivity contribution in [2.75, 3.05) is 0 Å². The highest BCUT2D eigenvalue weighted by Crippen LogP contribution is 2.38. The summed E-state index contributed by atoms with van der Waals surface area (Å²) in [7, 11) is 0. The lowest BCUT2D eigenvalue weighted by Gasteiger charge is -2.32. The van der Waals surface area contributed by atoms with Gasteiger partial charge in [0, 0.05) is 20.9 Å². The van der Waals surface area contributed by atoms with Gasteiger partial charge in [-0.2, -0.15) is 0 Å². The molecule has 0 fully saturated rings. The Balaban J connectivity index is 2.35. The minimum absolute atomic E-state index is 0.124. The largest absolute Gasteiger partial charge is 0.298 e. The van der Waals surface area contributed by atoms with E-state index < -0.39 is 5.41 Å². The van der Waals surface area contributed by atoms with Crippen LogP contribution >= 0.6 is 31.9 Å². The average Bonchev–Trinajstić information content (AvgIpc) is 2.69. The van der Waals surface area contributed by atoms with Crippen LogP contribution in [0.15, 0.2) is 87.8 Å². The van der Waals surface area contributed by atoms with Crippen molar-refractivity contribution in [1.29, 1.82) is 0 Å². The number of hydrogen-bond donors (Lipinski definition) is 0.